The molecule has 0 saturated heterocycles. The third-order valence-electron chi connectivity index (χ3n) is 2.93. The van der Waals surface area contributed by atoms with Gasteiger partial charge < -0.3 is 9.47 Å². The molecule has 0 aliphatic carbocycles. The number of hydrogen-bond acceptors (Lipinski definition) is 5. The number of imidazole rings is 1. The van der Waals surface area contributed by atoms with Gasteiger partial charge in [0.05, 0.1) is 18.1 Å². The maximum absolute atomic E-state index is 4.50. The highest BCUT2D eigenvalue weighted by atomic mass is 15.1. The molecule has 0 bridgehead atoms. The summed E-state index contributed by atoms with van der Waals surface area (Å²) in [4.78, 5) is 19.5. The molecule has 6 heteroatoms. The third kappa shape index (κ3) is 1.91. The SMILES string of the molecule is CN(C)c1ncccc1-c1ncc2c(ncn2C)n1. The molecule has 0 aliphatic heterocycles. The van der Waals surface area contributed by atoms with Crippen molar-refractivity contribution in [1.82, 2.24) is 24.5 Å². The van der Waals surface area contributed by atoms with Crippen LogP contribution in [0.25, 0.3) is 22.6 Å². The molecule has 3 rings (SSSR count). The molecule has 96 valence electrons. The Bertz CT molecular complexity index is 731. The molecule has 0 atom stereocenters. The number of nitrogens with zero attached hydrogens (tertiary/aromatic N) is 6. The molecule has 6 nitrogen and oxygen atoms in total. The minimum atomic E-state index is 0.642. The third-order valence-corrected chi connectivity index (χ3v) is 2.93. The Labute approximate surface area is 110 Å². The minimum absolute atomic E-state index is 0.642. The summed E-state index contributed by atoms with van der Waals surface area (Å²) in [6, 6.07) is 3.85. The van der Waals surface area contributed by atoms with Crippen molar-refractivity contribution in [3.63, 3.8) is 0 Å². The molecule has 3 heterocycles. The Morgan fingerprint density at radius 1 is 1.16 bits per heavy atom. The molecule has 0 amide bonds. The van der Waals surface area contributed by atoms with Crippen LogP contribution in [0.5, 0.6) is 0 Å². The highest BCUT2D eigenvalue weighted by Crippen LogP contribution is 2.25. The van der Waals surface area contributed by atoms with Gasteiger partial charge in [0.25, 0.3) is 0 Å². The highest BCUT2D eigenvalue weighted by molar-refractivity contribution is 5.76. The predicted molar refractivity (Wildman–Crippen MR) is 73.9 cm³/mol. The van der Waals surface area contributed by atoms with Gasteiger partial charge in [0.1, 0.15) is 11.3 Å². The lowest BCUT2D eigenvalue weighted by Gasteiger charge is -2.14. The van der Waals surface area contributed by atoms with Gasteiger partial charge in [-0.3, -0.25) is 0 Å². The first-order valence-electron chi connectivity index (χ1n) is 5.93. The second-order valence-electron chi connectivity index (χ2n) is 4.53. The van der Waals surface area contributed by atoms with Crippen molar-refractivity contribution < 1.29 is 0 Å². The average molecular weight is 254 g/mol. The molecule has 3 aromatic rings. The summed E-state index contributed by atoms with van der Waals surface area (Å²) in [6.07, 6.45) is 5.29. The molecule has 0 fully saturated rings. The van der Waals surface area contributed by atoms with Crippen LogP contribution in [0.3, 0.4) is 0 Å². The van der Waals surface area contributed by atoms with Crippen LogP contribution in [0.2, 0.25) is 0 Å². The van der Waals surface area contributed by atoms with Crippen molar-refractivity contribution >= 4 is 17.0 Å². The fourth-order valence-electron chi connectivity index (χ4n) is 1.97. The lowest BCUT2D eigenvalue weighted by atomic mass is 10.2. The molecular weight excluding hydrogens is 240 g/mol. The van der Waals surface area contributed by atoms with Crippen LogP contribution in [0.4, 0.5) is 5.82 Å². The average Bonchev–Trinajstić information content (AvgIpc) is 2.80. The molecule has 0 aliphatic rings. The largest absolute Gasteiger partial charge is 0.362 e. The number of rotatable bonds is 2. The fourth-order valence-corrected chi connectivity index (χ4v) is 1.97. The van der Waals surface area contributed by atoms with Crippen LogP contribution in [-0.4, -0.2) is 38.6 Å². The number of aryl methyl sites for hydroxylation is 1. The molecule has 0 saturated carbocycles. The fraction of sp³-hybridized carbons (Fsp3) is 0.231. The zero-order valence-electron chi connectivity index (χ0n) is 11.1. The lowest BCUT2D eigenvalue weighted by molar-refractivity contribution is 0.944. The predicted octanol–water partition coefficient (Wildman–Crippen LogP) is 1.49. The van der Waals surface area contributed by atoms with Crippen LogP contribution in [0, 0.1) is 0 Å². The molecule has 19 heavy (non-hydrogen) atoms. The van der Waals surface area contributed by atoms with E-state index >= 15 is 0 Å². The van der Waals surface area contributed by atoms with Crippen molar-refractivity contribution in [2.75, 3.05) is 19.0 Å². The summed E-state index contributed by atoms with van der Waals surface area (Å²) >= 11 is 0. The Morgan fingerprint density at radius 3 is 2.79 bits per heavy atom. The molecule has 0 unspecified atom stereocenters. The van der Waals surface area contributed by atoms with Crippen LogP contribution in [0.1, 0.15) is 0 Å². The smallest absolute Gasteiger partial charge is 0.181 e. The van der Waals surface area contributed by atoms with Crippen molar-refractivity contribution in [2.45, 2.75) is 0 Å². The lowest BCUT2D eigenvalue weighted by Crippen LogP contribution is -2.12. The first-order chi connectivity index (χ1) is 9.16. The van der Waals surface area contributed by atoms with Crippen molar-refractivity contribution in [2.24, 2.45) is 7.05 Å². The van der Waals surface area contributed by atoms with Gasteiger partial charge in [-0.15, -0.1) is 0 Å². The van der Waals surface area contributed by atoms with E-state index in [0.717, 1.165) is 16.9 Å². The molecular formula is C13H14N6. The Balaban J connectivity index is 2.19. The summed E-state index contributed by atoms with van der Waals surface area (Å²) in [5, 5.41) is 0. The maximum Gasteiger partial charge on any atom is 0.181 e. The van der Waals surface area contributed by atoms with Crippen LogP contribution in [0.15, 0.2) is 30.9 Å². The van der Waals surface area contributed by atoms with E-state index in [1.807, 2.05) is 42.7 Å². The minimum Gasteiger partial charge on any atom is -0.362 e. The number of pyridine rings is 1. The number of aromatic nitrogens is 5. The maximum atomic E-state index is 4.50. The molecule has 0 radical (unpaired) electrons. The second kappa shape index (κ2) is 4.31. The number of hydrogen-bond donors (Lipinski definition) is 0. The van der Waals surface area contributed by atoms with Crippen LogP contribution < -0.4 is 4.90 Å². The summed E-state index contributed by atoms with van der Waals surface area (Å²) in [5.74, 6) is 1.49. The zero-order valence-corrected chi connectivity index (χ0v) is 11.1. The van der Waals surface area contributed by atoms with E-state index in [4.69, 9.17) is 0 Å². The van der Waals surface area contributed by atoms with Gasteiger partial charge in [-0.1, -0.05) is 0 Å². The van der Waals surface area contributed by atoms with Crippen molar-refractivity contribution in [3.05, 3.63) is 30.9 Å². The summed E-state index contributed by atoms with van der Waals surface area (Å²) in [6.45, 7) is 0. The van der Waals surface area contributed by atoms with Gasteiger partial charge in [0.15, 0.2) is 11.5 Å². The topological polar surface area (TPSA) is 59.7 Å². The first-order valence-corrected chi connectivity index (χ1v) is 5.93. The Hall–Kier alpha value is -2.50. The second-order valence-corrected chi connectivity index (χ2v) is 4.53. The van der Waals surface area contributed by atoms with Gasteiger partial charge in [0.2, 0.25) is 0 Å². The van der Waals surface area contributed by atoms with E-state index in [0.29, 0.717) is 11.5 Å². The van der Waals surface area contributed by atoms with E-state index in [-0.39, 0.29) is 0 Å². The van der Waals surface area contributed by atoms with Crippen molar-refractivity contribution in [1.29, 1.82) is 0 Å². The molecule has 0 N–H and O–H groups in total. The van der Waals surface area contributed by atoms with Gasteiger partial charge in [-0.2, -0.15) is 0 Å². The number of anilines is 1. The summed E-state index contributed by atoms with van der Waals surface area (Å²) in [7, 11) is 5.82. The van der Waals surface area contributed by atoms with Crippen molar-refractivity contribution in [3.8, 4) is 11.4 Å². The molecule has 3 aromatic heterocycles. The molecule has 0 spiro atoms. The van der Waals surface area contributed by atoms with E-state index < -0.39 is 0 Å². The van der Waals surface area contributed by atoms with Gasteiger partial charge in [-0.25, -0.2) is 19.9 Å². The van der Waals surface area contributed by atoms with Crippen LogP contribution in [-0.2, 0) is 7.05 Å². The quantitative estimate of drug-likeness (QED) is 0.693. The zero-order chi connectivity index (χ0) is 13.4. The van der Waals surface area contributed by atoms with Gasteiger partial charge in [-0.05, 0) is 12.1 Å². The first kappa shape index (κ1) is 11.6. The van der Waals surface area contributed by atoms with E-state index in [1.54, 1.807) is 18.7 Å². The van der Waals surface area contributed by atoms with E-state index in [1.165, 1.54) is 0 Å². The monoisotopic (exact) mass is 254 g/mol. The summed E-state index contributed by atoms with van der Waals surface area (Å²) in [5.41, 5.74) is 2.51. The van der Waals surface area contributed by atoms with Gasteiger partial charge >= 0.3 is 0 Å². The molecule has 0 aromatic carbocycles. The Morgan fingerprint density at radius 2 is 2.00 bits per heavy atom. The normalized spacial score (nSPS) is 10.9. The highest BCUT2D eigenvalue weighted by Gasteiger charge is 2.12. The van der Waals surface area contributed by atoms with E-state index in [9.17, 15) is 0 Å². The van der Waals surface area contributed by atoms with Crippen LogP contribution >= 0.6 is 0 Å². The van der Waals surface area contributed by atoms with Gasteiger partial charge in [0, 0.05) is 27.3 Å². The Kier molecular flexibility index (Phi) is 2.63. The number of fused-ring (bicyclic) bond motifs is 1. The summed E-state index contributed by atoms with van der Waals surface area (Å²) < 4.78 is 1.90. The van der Waals surface area contributed by atoms with E-state index in [2.05, 4.69) is 19.9 Å². The standard InChI is InChI=1S/C13H14N6/c1-18(2)13-9(5-4-6-14-13)11-15-7-10-12(17-11)16-8-19(10)3/h4-8H,1-3H3.